The summed E-state index contributed by atoms with van der Waals surface area (Å²) in [7, 11) is 0. The highest BCUT2D eigenvalue weighted by Crippen LogP contribution is 2.27. The number of aliphatic hydroxyl groups is 1. The molecule has 0 aliphatic carbocycles. The van der Waals surface area contributed by atoms with Crippen molar-refractivity contribution in [2.45, 2.75) is 19.6 Å². The first-order chi connectivity index (χ1) is 12.4. The zero-order valence-corrected chi connectivity index (χ0v) is 14.6. The van der Waals surface area contributed by atoms with E-state index in [2.05, 4.69) is 13.2 Å². The van der Waals surface area contributed by atoms with Gasteiger partial charge in [0.15, 0.2) is 0 Å². The number of hydrogen-bond acceptors (Lipinski definition) is 4. The Morgan fingerprint density at radius 2 is 1.96 bits per heavy atom. The average molecular weight is 356 g/mol. The maximum Gasteiger partial charge on any atom is 0.330 e. The molecule has 0 aliphatic heterocycles. The lowest BCUT2D eigenvalue weighted by Gasteiger charge is -2.14. The minimum Gasteiger partial charge on any atom is -0.462 e. The molecule has 4 nitrogen and oxygen atoms in total. The number of halogens is 1. The van der Waals surface area contributed by atoms with Gasteiger partial charge in [-0.15, -0.1) is 0 Å². The van der Waals surface area contributed by atoms with Gasteiger partial charge in [0, 0.05) is 24.1 Å². The van der Waals surface area contributed by atoms with Crippen LogP contribution in [0.1, 0.15) is 12.5 Å². The van der Waals surface area contributed by atoms with Gasteiger partial charge in [0.2, 0.25) is 6.29 Å². The molecular formula is C21H21FO4. The van der Waals surface area contributed by atoms with Crippen molar-refractivity contribution in [1.82, 2.24) is 0 Å². The molecule has 2 aromatic rings. The van der Waals surface area contributed by atoms with Gasteiger partial charge in [0.05, 0.1) is 6.61 Å². The van der Waals surface area contributed by atoms with E-state index >= 15 is 0 Å². The average Bonchev–Trinajstić information content (AvgIpc) is 2.62. The second-order valence-corrected chi connectivity index (χ2v) is 5.78. The van der Waals surface area contributed by atoms with E-state index in [1.54, 1.807) is 31.2 Å². The maximum atomic E-state index is 14.4. The Labute approximate surface area is 152 Å². The molecule has 136 valence electrons. The van der Waals surface area contributed by atoms with Crippen LogP contribution in [0.4, 0.5) is 4.39 Å². The molecule has 0 fully saturated rings. The molecule has 0 aromatic heterocycles. The number of rotatable bonds is 8. The Hall–Kier alpha value is -2.92. The molecule has 0 aliphatic rings. The molecule has 0 bridgehead atoms. The van der Waals surface area contributed by atoms with Gasteiger partial charge in [0.25, 0.3) is 0 Å². The fraction of sp³-hybridized carbons (Fsp3) is 0.190. The normalized spacial score (nSPS) is 11.5. The Morgan fingerprint density at radius 3 is 2.54 bits per heavy atom. The number of aliphatic hydroxyl groups excluding tert-OH is 1. The Kier molecular flexibility index (Phi) is 6.69. The van der Waals surface area contributed by atoms with E-state index in [9.17, 15) is 14.3 Å². The molecular weight excluding hydrogens is 335 g/mol. The molecule has 0 amide bonds. The first kappa shape index (κ1) is 19.4. The summed E-state index contributed by atoms with van der Waals surface area (Å²) < 4.78 is 24.5. The third-order valence-corrected chi connectivity index (χ3v) is 3.68. The van der Waals surface area contributed by atoms with Crippen molar-refractivity contribution in [2.24, 2.45) is 0 Å². The summed E-state index contributed by atoms with van der Waals surface area (Å²) in [6.45, 7) is 8.79. The van der Waals surface area contributed by atoms with Crippen LogP contribution in [0, 0.1) is 5.82 Å². The monoisotopic (exact) mass is 356 g/mol. The topological polar surface area (TPSA) is 55.8 Å². The lowest BCUT2D eigenvalue weighted by molar-refractivity contribution is -0.137. The maximum absolute atomic E-state index is 14.4. The van der Waals surface area contributed by atoms with Crippen LogP contribution in [-0.2, 0) is 16.0 Å². The van der Waals surface area contributed by atoms with Crippen molar-refractivity contribution in [3.8, 4) is 16.9 Å². The summed E-state index contributed by atoms with van der Waals surface area (Å²) in [5.74, 6) is -0.686. The summed E-state index contributed by atoms with van der Waals surface area (Å²) >= 11 is 0. The third-order valence-electron chi connectivity index (χ3n) is 3.68. The SMILES string of the molecule is C=CC(=O)OCCc1ccc(-c2ccc(OC(O)C(=C)C)cc2F)cc1. The highest BCUT2D eigenvalue weighted by molar-refractivity contribution is 5.81. The van der Waals surface area contributed by atoms with E-state index < -0.39 is 18.1 Å². The summed E-state index contributed by atoms with van der Waals surface area (Å²) in [6.07, 6.45) is 0.512. The molecule has 5 heteroatoms. The Balaban J connectivity index is 2.05. The fourth-order valence-corrected chi connectivity index (χ4v) is 2.21. The van der Waals surface area contributed by atoms with E-state index in [0.717, 1.165) is 11.6 Å². The van der Waals surface area contributed by atoms with Crippen molar-refractivity contribution in [2.75, 3.05) is 6.61 Å². The molecule has 0 spiro atoms. The first-order valence-corrected chi connectivity index (χ1v) is 8.09. The molecule has 1 atom stereocenters. The van der Waals surface area contributed by atoms with Crippen molar-refractivity contribution < 1.29 is 23.8 Å². The molecule has 1 unspecified atom stereocenters. The molecule has 0 saturated heterocycles. The van der Waals surface area contributed by atoms with E-state index in [1.807, 2.05) is 12.1 Å². The van der Waals surface area contributed by atoms with Gasteiger partial charge in [-0.2, -0.15) is 0 Å². The van der Waals surface area contributed by atoms with Gasteiger partial charge in [-0.1, -0.05) is 37.4 Å². The van der Waals surface area contributed by atoms with Crippen molar-refractivity contribution in [3.05, 3.63) is 78.7 Å². The molecule has 0 saturated carbocycles. The number of benzene rings is 2. The van der Waals surface area contributed by atoms with Crippen LogP contribution in [0.3, 0.4) is 0 Å². The molecule has 2 aromatic carbocycles. The molecule has 0 radical (unpaired) electrons. The zero-order chi connectivity index (χ0) is 19.1. The summed E-state index contributed by atoms with van der Waals surface area (Å²) in [5, 5.41) is 9.63. The minimum atomic E-state index is -1.17. The van der Waals surface area contributed by atoms with E-state index in [-0.39, 0.29) is 12.4 Å². The van der Waals surface area contributed by atoms with Gasteiger partial charge in [0.1, 0.15) is 11.6 Å². The van der Waals surface area contributed by atoms with Crippen molar-refractivity contribution in [3.63, 3.8) is 0 Å². The van der Waals surface area contributed by atoms with Crippen LogP contribution in [0.2, 0.25) is 0 Å². The van der Waals surface area contributed by atoms with Gasteiger partial charge in [-0.25, -0.2) is 9.18 Å². The van der Waals surface area contributed by atoms with Crippen molar-refractivity contribution in [1.29, 1.82) is 0 Å². The molecule has 1 N–H and O–H groups in total. The van der Waals surface area contributed by atoms with Crippen LogP contribution in [0.15, 0.2) is 67.3 Å². The predicted molar refractivity (Wildman–Crippen MR) is 98.1 cm³/mol. The van der Waals surface area contributed by atoms with Crippen LogP contribution >= 0.6 is 0 Å². The second-order valence-electron chi connectivity index (χ2n) is 5.78. The lowest BCUT2D eigenvalue weighted by Crippen LogP contribution is -2.16. The Morgan fingerprint density at radius 1 is 1.27 bits per heavy atom. The predicted octanol–water partition coefficient (Wildman–Crippen LogP) is 4.04. The number of carbonyl (C=O) groups is 1. The Bertz CT molecular complexity index is 796. The number of esters is 1. The number of hydrogen-bond donors (Lipinski definition) is 1. The molecule has 2 rings (SSSR count). The summed E-state index contributed by atoms with van der Waals surface area (Å²) in [4.78, 5) is 11.0. The van der Waals surface area contributed by atoms with Crippen LogP contribution in [0.25, 0.3) is 11.1 Å². The first-order valence-electron chi connectivity index (χ1n) is 8.09. The highest BCUT2D eigenvalue weighted by atomic mass is 19.1. The van der Waals surface area contributed by atoms with E-state index in [4.69, 9.17) is 9.47 Å². The minimum absolute atomic E-state index is 0.224. The smallest absolute Gasteiger partial charge is 0.330 e. The number of ether oxygens (including phenoxy) is 2. The highest BCUT2D eigenvalue weighted by Gasteiger charge is 2.10. The van der Waals surface area contributed by atoms with Gasteiger partial charge < -0.3 is 14.6 Å². The van der Waals surface area contributed by atoms with Gasteiger partial charge >= 0.3 is 5.97 Å². The van der Waals surface area contributed by atoms with Gasteiger partial charge in [-0.05, 0) is 35.8 Å². The second kappa shape index (κ2) is 8.97. The van der Waals surface area contributed by atoms with Crippen LogP contribution in [-0.4, -0.2) is 24.0 Å². The zero-order valence-electron chi connectivity index (χ0n) is 14.6. The quantitative estimate of drug-likeness (QED) is 0.336. The number of carbonyl (C=O) groups excluding carboxylic acids is 1. The van der Waals surface area contributed by atoms with Crippen molar-refractivity contribution >= 4 is 5.97 Å². The summed E-state index contributed by atoms with van der Waals surface area (Å²) in [6, 6.07) is 11.7. The molecule has 0 heterocycles. The lowest BCUT2D eigenvalue weighted by atomic mass is 10.0. The third kappa shape index (κ3) is 5.29. The fourth-order valence-electron chi connectivity index (χ4n) is 2.21. The van der Waals surface area contributed by atoms with E-state index in [0.29, 0.717) is 23.1 Å². The van der Waals surface area contributed by atoms with E-state index in [1.165, 1.54) is 6.07 Å². The molecule has 26 heavy (non-hydrogen) atoms. The van der Waals surface area contributed by atoms with Crippen LogP contribution in [0.5, 0.6) is 5.75 Å². The van der Waals surface area contributed by atoms with Gasteiger partial charge in [-0.3, -0.25) is 0 Å². The summed E-state index contributed by atoms with van der Waals surface area (Å²) in [5.41, 5.74) is 2.53. The largest absolute Gasteiger partial charge is 0.462 e. The standard InChI is InChI=1S/C21H21FO4/c1-4-20(23)25-12-11-15-5-7-16(8-6-15)18-10-9-17(13-19(18)22)26-21(24)14(2)3/h4-10,13,21,24H,1-2,11-12H2,3H3. The van der Waals surface area contributed by atoms with Crippen LogP contribution < -0.4 is 4.74 Å².